The Labute approximate surface area is 142 Å². The van der Waals surface area contributed by atoms with E-state index in [1.165, 1.54) is 18.1 Å². The Kier molecular flexibility index (Phi) is 5.67. The van der Waals surface area contributed by atoms with Crippen molar-refractivity contribution in [2.24, 2.45) is 0 Å². The molecule has 0 fully saturated rings. The van der Waals surface area contributed by atoms with E-state index in [-0.39, 0.29) is 12.6 Å². The molecule has 2 rings (SSSR count). The molecule has 0 unspecified atom stereocenters. The number of hydrogen-bond donors (Lipinski definition) is 0. The van der Waals surface area contributed by atoms with Gasteiger partial charge in [0.2, 0.25) is 0 Å². The fraction of sp³-hybridized carbons (Fsp3) is 0.316. The third kappa shape index (κ3) is 4.26. The van der Waals surface area contributed by atoms with Crippen molar-refractivity contribution in [1.82, 2.24) is 0 Å². The Morgan fingerprint density at radius 1 is 1.13 bits per heavy atom. The Balaban J connectivity index is 2.24. The summed E-state index contributed by atoms with van der Waals surface area (Å²) in [6.07, 6.45) is 0.994. The molecular formula is C19H21ClO3. The van der Waals surface area contributed by atoms with E-state index >= 15 is 0 Å². The molecular weight excluding hydrogens is 312 g/mol. The first-order chi connectivity index (χ1) is 10.9. The molecule has 0 aliphatic carbocycles. The van der Waals surface area contributed by atoms with Crippen molar-refractivity contribution >= 4 is 17.6 Å². The monoisotopic (exact) mass is 332 g/mol. The fourth-order valence-electron chi connectivity index (χ4n) is 2.47. The maximum absolute atomic E-state index is 11.2. The summed E-state index contributed by atoms with van der Waals surface area (Å²) in [5.41, 5.74) is 4.26. The van der Waals surface area contributed by atoms with Crippen LogP contribution >= 0.6 is 11.6 Å². The molecule has 0 saturated heterocycles. The van der Waals surface area contributed by atoms with Crippen LogP contribution < -0.4 is 9.47 Å². The lowest BCUT2D eigenvalue weighted by Crippen LogP contribution is -2.07. The minimum Gasteiger partial charge on any atom is -0.488 e. The molecule has 2 aromatic carbocycles. The number of aryl methyl sites for hydroxylation is 3. The van der Waals surface area contributed by atoms with E-state index in [1.54, 1.807) is 18.2 Å². The average Bonchev–Trinajstić information content (AvgIpc) is 2.49. The molecule has 3 nitrogen and oxygen atoms in total. The predicted molar refractivity (Wildman–Crippen MR) is 92.4 cm³/mol. The molecule has 0 amide bonds. The van der Waals surface area contributed by atoms with Gasteiger partial charge in [0.25, 0.3) is 0 Å². The Morgan fingerprint density at radius 3 is 2.52 bits per heavy atom. The lowest BCUT2D eigenvalue weighted by molar-refractivity contribution is -0.131. The number of hydrogen-bond acceptors (Lipinski definition) is 3. The van der Waals surface area contributed by atoms with Crippen molar-refractivity contribution < 1.29 is 14.3 Å². The predicted octanol–water partition coefficient (Wildman–Crippen LogP) is 5.02. The number of rotatable bonds is 5. The normalized spacial score (nSPS) is 10.5. The molecule has 0 aliphatic rings. The Hall–Kier alpha value is -2.00. The van der Waals surface area contributed by atoms with Crippen LogP contribution in [0.2, 0.25) is 5.02 Å². The summed E-state index contributed by atoms with van der Waals surface area (Å²) < 4.78 is 11.1. The lowest BCUT2D eigenvalue weighted by Gasteiger charge is -2.15. The molecule has 0 N–H and O–H groups in total. The van der Waals surface area contributed by atoms with Gasteiger partial charge in [-0.05, 0) is 55.2 Å². The van der Waals surface area contributed by atoms with Gasteiger partial charge in [-0.2, -0.15) is 0 Å². The molecule has 0 aliphatic heterocycles. The molecule has 0 heterocycles. The van der Waals surface area contributed by atoms with Crippen molar-refractivity contribution in [2.75, 3.05) is 0 Å². The van der Waals surface area contributed by atoms with Gasteiger partial charge in [-0.1, -0.05) is 30.7 Å². The summed E-state index contributed by atoms with van der Waals surface area (Å²) in [6.45, 7) is 7.84. The van der Waals surface area contributed by atoms with Crippen LogP contribution in [0.4, 0.5) is 0 Å². The van der Waals surface area contributed by atoms with E-state index in [0.29, 0.717) is 16.3 Å². The van der Waals surface area contributed by atoms with Gasteiger partial charge in [-0.15, -0.1) is 0 Å². The highest BCUT2D eigenvalue weighted by molar-refractivity contribution is 6.31. The van der Waals surface area contributed by atoms with Gasteiger partial charge in [-0.25, -0.2) is 0 Å². The average molecular weight is 333 g/mol. The Morgan fingerprint density at radius 2 is 1.87 bits per heavy atom. The van der Waals surface area contributed by atoms with Crippen molar-refractivity contribution in [3.63, 3.8) is 0 Å². The third-order valence-electron chi connectivity index (χ3n) is 3.72. The van der Waals surface area contributed by atoms with Crippen LogP contribution in [0, 0.1) is 13.8 Å². The lowest BCUT2D eigenvalue weighted by atomic mass is 10.0. The summed E-state index contributed by atoms with van der Waals surface area (Å²) in [7, 11) is 0. The minimum atomic E-state index is -0.382. The minimum absolute atomic E-state index is 0.244. The van der Waals surface area contributed by atoms with Crippen LogP contribution in [-0.4, -0.2) is 5.97 Å². The quantitative estimate of drug-likeness (QED) is 0.569. The third-order valence-corrected chi connectivity index (χ3v) is 4.07. The van der Waals surface area contributed by atoms with Crippen molar-refractivity contribution in [3.8, 4) is 11.5 Å². The highest BCUT2D eigenvalue weighted by atomic mass is 35.5. The molecule has 0 spiro atoms. The van der Waals surface area contributed by atoms with Crippen molar-refractivity contribution in [2.45, 2.75) is 40.7 Å². The number of halogens is 1. The van der Waals surface area contributed by atoms with E-state index < -0.39 is 0 Å². The topological polar surface area (TPSA) is 35.5 Å². The van der Waals surface area contributed by atoms with E-state index in [4.69, 9.17) is 21.1 Å². The van der Waals surface area contributed by atoms with Gasteiger partial charge in [-0.3, -0.25) is 4.79 Å². The first-order valence-electron chi connectivity index (χ1n) is 7.61. The largest absolute Gasteiger partial charge is 0.488 e. The number of esters is 1. The van der Waals surface area contributed by atoms with Gasteiger partial charge in [0, 0.05) is 6.92 Å². The zero-order chi connectivity index (χ0) is 17.0. The second-order valence-corrected chi connectivity index (χ2v) is 5.90. The number of benzene rings is 2. The summed E-state index contributed by atoms with van der Waals surface area (Å²) in [6, 6.07) is 9.39. The summed E-state index contributed by atoms with van der Waals surface area (Å²) in [5.74, 6) is 0.866. The first kappa shape index (κ1) is 17.4. The molecule has 0 saturated carbocycles. The van der Waals surface area contributed by atoms with E-state index in [1.807, 2.05) is 13.0 Å². The number of ether oxygens (including phenoxy) is 2. The van der Waals surface area contributed by atoms with E-state index in [9.17, 15) is 4.79 Å². The molecule has 0 atom stereocenters. The molecule has 23 heavy (non-hydrogen) atoms. The molecule has 0 bridgehead atoms. The summed E-state index contributed by atoms with van der Waals surface area (Å²) in [4.78, 5) is 11.2. The highest BCUT2D eigenvalue weighted by Crippen LogP contribution is 2.30. The van der Waals surface area contributed by atoms with Crippen LogP contribution in [-0.2, 0) is 17.8 Å². The maximum atomic E-state index is 11.2. The standard InChI is InChI=1S/C19H21ClO3/c1-5-15-9-13(3)19(10-12(15)2)22-11-16-17(20)7-6-8-18(16)23-14(4)21/h6-10H,5,11H2,1-4H3. The van der Waals surface area contributed by atoms with Gasteiger partial charge in [0.05, 0.1) is 10.6 Å². The Bertz CT molecular complexity index is 723. The molecule has 0 aromatic heterocycles. The maximum Gasteiger partial charge on any atom is 0.308 e. The van der Waals surface area contributed by atoms with E-state index in [0.717, 1.165) is 17.7 Å². The van der Waals surface area contributed by atoms with Crippen molar-refractivity contribution in [1.29, 1.82) is 0 Å². The van der Waals surface area contributed by atoms with Gasteiger partial charge in [0.1, 0.15) is 18.1 Å². The van der Waals surface area contributed by atoms with Gasteiger partial charge >= 0.3 is 5.97 Å². The zero-order valence-electron chi connectivity index (χ0n) is 13.9. The first-order valence-corrected chi connectivity index (χ1v) is 7.99. The fourth-order valence-corrected chi connectivity index (χ4v) is 2.69. The van der Waals surface area contributed by atoms with Crippen molar-refractivity contribution in [3.05, 3.63) is 57.6 Å². The van der Waals surface area contributed by atoms with Crippen LogP contribution in [0.25, 0.3) is 0 Å². The smallest absolute Gasteiger partial charge is 0.308 e. The summed E-state index contributed by atoms with van der Waals surface area (Å²) in [5, 5.41) is 0.517. The van der Waals surface area contributed by atoms with Crippen LogP contribution in [0.1, 0.15) is 36.1 Å². The SMILES string of the molecule is CCc1cc(C)c(OCc2c(Cl)cccc2OC(C)=O)cc1C. The van der Waals surface area contributed by atoms with Gasteiger partial charge in [0.15, 0.2) is 0 Å². The highest BCUT2D eigenvalue weighted by Gasteiger charge is 2.12. The number of carbonyl (C=O) groups is 1. The second kappa shape index (κ2) is 7.51. The van der Waals surface area contributed by atoms with Gasteiger partial charge < -0.3 is 9.47 Å². The zero-order valence-corrected chi connectivity index (χ0v) is 14.7. The van der Waals surface area contributed by atoms with Crippen LogP contribution in [0.15, 0.2) is 30.3 Å². The number of carbonyl (C=O) groups excluding carboxylic acids is 1. The molecule has 4 heteroatoms. The molecule has 122 valence electrons. The van der Waals surface area contributed by atoms with Crippen LogP contribution in [0.5, 0.6) is 11.5 Å². The molecule has 0 radical (unpaired) electrons. The molecule has 2 aromatic rings. The van der Waals surface area contributed by atoms with E-state index in [2.05, 4.69) is 19.9 Å². The van der Waals surface area contributed by atoms with Crippen LogP contribution in [0.3, 0.4) is 0 Å². The second-order valence-electron chi connectivity index (χ2n) is 5.50. The summed E-state index contributed by atoms with van der Waals surface area (Å²) >= 11 is 6.23.